The van der Waals surface area contributed by atoms with Crippen molar-refractivity contribution in [1.82, 2.24) is 0 Å². The maximum absolute atomic E-state index is 13.4. The van der Waals surface area contributed by atoms with Crippen LogP contribution in [0, 0.1) is 17.3 Å². The summed E-state index contributed by atoms with van der Waals surface area (Å²) >= 11 is 0. The first-order valence-corrected chi connectivity index (χ1v) is 12.3. The lowest BCUT2D eigenvalue weighted by atomic mass is 9.59. The molecule has 3 rings (SSSR count). The molecule has 0 amide bonds. The maximum Gasteiger partial charge on any atom is 0.416 e. The molecule has 0 unspecified atom stereocenters. The molecule has 0 heterocycles. The Morgan fingerprint density at radius 3 is 2.03 bits per heavy atom. The molecule has 3 nitrogen and oxygen atoms in total. The fourth-order valence-electron chi connectivity index (χ4n) is 4.36. The van der Waals surface area contributed by atoms with Crippen LogP contribution in [-0.4, -0.2) is 25.5 Å². The van der Waals surface area contributed by atoms with Crippen LogP contribution >= 0.6 is 0 Å². The van der Waals surface area contributed by atoms with Crippen LogP contribution < -0.4 is 0 Å². The Bertz CT molecular complexity index is 983. The van der Waals surface area contributed by atoms with Crippen molar-refractivity contribution in [1.29, 1.82) is 0 Å². The van der Waals surface area contributed by atoms with E-state index in [4.69, 9.17) is 9.59 Å². The predicted octanol–water partition coefficient (Wildman–Crippen LogP) is 8.63. The standard InChI is InChI=1S/C18H24F2O.C10H11F3.2CH2O.H2/c1-12(21)14-9-16(10-14)17(2,3)11-13-6-5-7-15(8-13)18(4,19)20;1-2-8-4-3-5-9(7-6-8)10(11,12)13;2*1-2;/h5-8,14,16H,9-11H2,1-4H3;4-7H,2-3H2,1H3;2*1H2;1H. The van der Waals surface area contributed by atoms with Crippen LogP contribution in [0.15, 0.2) is 59.7 Å². The average Bonchev–Trinajstić information content (AvgIpc) is 3.06. The van der Waals surface area contributed by atoms with E-state index in [1.54, 1.807) is 19.1 Å². The Kier molecular flexibility index (Phi) is 14.3. The summed E-state index contributed by atoms with van der Waals surface area (Å²) in [5.74, 6) is -1.82. The first-order chi connectivity index (χ1) is 17.6. The van der Waals surface area contributed by atoms with Crippen molar-refractivity contribution in [2.75, 3.05) is 0 Å². The number of hydrogen-bond donors (Lipinski definition) is 0. The van der Waals surface area contributed by atoms with E-state index in [0.29, 0.717) is 12.3 Å². The van der Waals surface area contributed by atoms with Crippen LogP contribution in [0.3, 0.4) is 0 Å². The maximum atomic E-state index is 13.4. The van der Waals surface area contributed by atoms with Gasteiger partial charge in [-0.15, -0.1) is 0 Å². The summed E-state index contributed by atoms with van der Waals surface area (Å²) in [6, 6.07) is 6.71. The van der Waals surface area contributed by atoms with Gasteiger partial charge in [0.15, 0.2) is 0 Å². The molecule has 214 valence electrons. The van der Waals surface area contributed by atoms with Crippen molar-refractivity contribution >= 4 is 19.4 Å². The highest BCUT2D eigenvalue weighted by atomic mass is 19.4. The molecule has 1 saturated carbocycles. The molecule has 0 aromatic heterocycles. The largest absolute Gasteiger partial charge is 0.416 e. The molecule has 1 fully saturated rings. The Labute approximate surface area is 224 Å². The molecular formula is C30H41F5O3. The van der Waals surface area contributed by atoms with Gasteiger partial charge in [-0.1, -0.05) is 68.8 Å². The van der Waals surface area contributed by atoms with Gasteiger partial charge < -0.3 is 9.59 Å². The minimum absolute atomic E-state index is 0. The third-order valence-electron chi connectivity index (χ3n) is 6.84. The van der Waals surface area contributed by atoms with Crippen molar-refractivity contribution in [2.24, 2.45) is 17.3 Å². The Balaban J connectivity index is 0. The number of Topliss-reactive ketones (excluding diaryl/α,β-unsaturated/α-hetero) is 1. The first kappa shape index (κ1) is 35.1. The van der Waals surface area contributed by atoms with E-state index in [-0.39, 0.29) is 24.1 Å². The van der Waals surface area contributed by atoms with E-state index in [9.17, 15) is 26.7 Å². The van der Waals surface area contributed by atoms with E-state index in [2.05, 4.69) is 13.8 Å². The molecule has 1 aromatic rings. The van der Waals surface area contributed by atoms with Gasteiger partial charge in [0.25, 0.3) is 5.92 Å². The summed E-state index contributed by atoms with van der Waals surface area (Å²) in [6.07, 6.45) is 5.27. The average molecular weight is 545 g/mol. The smallest absolute Gasteiger partial charge is 0.307 e. The Morgan fingerprint density at radius 2 is 1.55 bits per heavy atom. The fourth-order valence-corrected chi connectivity index (χ4v) is 4.36. The molecule has 0 aliphatic heterocycles. The van der Waals surface area contributed by atoms with E-state index < -0.39 is 17.7 Å². The minimum atomic E-state index is -4.21. The first-order valence-electron chi connectivity index (χ1n) is 12.3. The third-order valence-corrected chi connectivity index (χ3v) is 6.84. The summed E-state index contributed by atoms with van der Waals surface area (Å²) < 4.78 is 63.4. The Hall–Kier alpha value is -2.90. The molecule has 2 aliphatic rings. The zero-order valence-corrected chi connectivity index (χ0v) is 22.8. The zero-order chi connectivity index (χ0) is 29.7. The number of alkyl halides is 5. The Morgan fingerprint density at radius 1 is 0.974 bits per heavy atom. The van der Waals surface area contributed by atoms with Gasteiger partial charge in [0.1, 0.15) is 19.4 Å². The van der Waals surface area contributed by atoms with E-state index in [1.165, 1.54) is 18.2 Å². The summed E-state index contributed by atoms with van der Waals surface area (Å²) in [4.78, 5) is 27.3. The highest BCUT2D eigenvalue weighted by Gasteiger charge is 2.41. The van der Waals surface area contributed by atoms with Gasteiger partial charge in [0.2, 0.25) is 0 Å². The summed E-state index contributed by atoms with van der Waals surface area (Å²) in [6.45, 7) is 12.9. The van der Waals surface area contributed by atoms with Crippen LogP contribution in [-0.2, 0) is 26.7 Å². The number of halogens is 5. The van der Waals surface area contributed by atoms with Crippen molar-refractivity contribution < 1.29 is 37.8 Å². The summed E-state index contributed by atoms with van der Waals surface area (Å²) in [5, 5.41) is 0. The second kappa shape index (κ2) is 15.5. The molecule has 0 atom stereocenters. The lowest BCUT2D eigenvalue weighted by Gasteiger charge is -2.45. The van der Waals surface area contributed by atoms with Crippen LogP contribution in [0.4, 0.5) is 22.0 Å². The number of benzene rings is 1. The number of hydrogen-bond acceptors (Lipinski definition) is 3. The second-order valence-electron chi connectivity index (χ2n) is 10.1. The normalized spacial score (nSPS) is 18.9. The minimum Gasteiger partial charge on any atom is -0.307 e. The fraction of sp³-hybridized carbons (Fsp3) is 0.500. The van der Waals surface area contributed by atoms with E-state index in [0.717, 1.165) is 49.8 Å². The quantitative estimate of drug-likeness (QED) is 0.337. The van der Waals surface area contributed by atoms with Crippen molar-refractivity contribution in [3.63, 3.8) is 0 Å². The molecule has 0 spiro atoms. The van der Waals surface area contributed by atoms with Crippen LogP contribution in [0.2, 0.25) is 0 Å². The molecule has 0 radical (unpaired) electrons. The monoisotopic (exact) mass is 544 g/mol. The SMILES string of the molecule is C=O.C=O.CC(=O)C1CC(C(C)(C)Cc2cccc(C(C)(F)F)c2)C1.CCC1=CCC=C(C(F)(F)F)C=C1.[HH]. The predicted molar refractivity (Wildman–Crippen MR) is 143 cm³/mol. The van der Waals surface area contributed by atoms with Gasteiger partial charge in [-0.3, -0.25) is 4.79 Å². The number of carbonyl (C=O) groups is 3. The van der Waals surface area contributed by atoms with Crippen LogP contribution in [0.5, 0.6) is 0 Å². The lowest BCUT2D eigenvalue weighted by Crippen LogP contribution is -2.39. The van der Waals surface area contributed by atoms with Crippen molar-refractivity contribution in [2.45, 2.75) is 78.8 Å². The van der Waals surface area contributed by atoms with Crippen molar-refractivity contribution in [3.8, 4) is 0 Å². The van der Waals surface area contributed by atoms with Crippen LogP contribution in [0.1, 0.15) is 72.9 Å². The molecule has 1 aromatic carbocycles. The number of carbonyl (C=O) groups excluding carboxylic acids is 3. The molecular weight excluding hydrogens is 503 g/mol. The molecule has 2 aliphatic carbocycles. The number of ketones is 1. The van der Waals surface area contributed by atoms with Gasteiger partial charge in [0.05, 0.1) is 5.57 Å². The molecule has 0 bridgehead atoms. The van der Waals surface area contributed by atoms with Gasteiger partial charge in [-0.05, 0) is 62.0 Å². The molecule has 0 N–H and O–H groups in total. The highest BCUT2D eigenvalue weighted by molar-refractivity contribution is 5.79. The molecule has 8 heteroatoms. The lowest BCUT2D eigenvalue weighted by molar-refractivity contribution is -0.126. The highest BCUT2D eigenvalue weighted by Crippen LogP contribution is 2.47. The third kappa shape index (κ3) is 11.2. The van der Waals surface area contributed by atoms with Gasteiger partial charge in [-0.2, -0.15) is 13.2 Å². The van der Waals surface area contributed by atoms with E-state index >= 15 is 0 Å². The van der Waals surface area contributed by atoms with Gasteiger partial charge >= 0.3 is 6.18 Å². The summed E-state index contributed by atoms with van der Waals surface area (Å²) in [7, 11) is 0. The van der Waals surface area contributed by atoms with E-state index in [1.807, 2.05) is 32.6 Å². The zero-order valence-electron chi connectivity index (χ0n) is 22.8. The van der Waals surface area contributed by atoms with Gasteiger partial charge in [0, 0.05) is 19.8 Å². The van der Waals surface area contributed by atoms with Crippen LogP contribution in [0.25, 0.3) is 0 Å². The molecule has 38 heavy (non-hydrogen) atoms. The number of allylic oxidation sites excluding steroid dienone is 6. The van der Waals surface area contributed by atoms with Gasteiger partial charge in [-0.25, -0.2) is 8.78 Å². The summed E-state index contributed by atoms with van der Waals surface area (Å²) in [5.41, 5.74) is 1.46. The van der Waals surface area contributed by atoms with Crippen molar-refractivity contribution in [3.05, 3.63) is 70.8 Å². The second-order valence-corrected chi connectivity index (χ2v) is 10.1. The number of rotatable bonds is 6. The molecule has 0 saturated heterocycles. The topological polar surface area (TPSA) is 51.2 Å².